The molecule has 0 bridgehead atoms. The van der Waals surface area contributed by atoms with E-state index in [0.29, 0.717) is 5.69 Å². The van der Waals surface area contributed by atoms with E-state index in [9.17, 15) is 13.2 Å². The first-order valence-electron chi connectivity index (χ1n) is 7.09. The van der Waals surface area contributed by atoms with Gasteiger partial charge in [0.05, 0.1) is 17.1 Å². The Morgan fingerprint density at radius 2 is 1.77 bits per heavy atom. The number of hydrogen-bond donors (Lipinski definition) is 1. The number of carbonyl (C=O) groups is 1. The summed E-state index contributed by atoms with van der Waals surface area (Å²) in [5.41, 5.74) is 2.65. The Morgan fingerprint density at radius 3 is 2.36 bits per heavy atom. The van der Waals surface area contributed by atoms with E-state index in [4.69, 9.17) is 0 Å². The smallest absolute Gasteiger partial charge is 0.228 e. The van der Waals surface area contributed by atoms with Gasteiger partial charge in [-0.2, -0.15) is 0 Å². The fourth-order valence-electron chi connectivity index (χ4n) is 2.12. The van der Waals surface area contributed by atoms with Crippen molar-refractivity contribution < 1.29 is 13.2 Å². The molecule has 0 unspecified atom stereocenters. The molecule has 116 valence electrons. The van der Waals surface area contributed by atoms with E-state index in [1.54, 1.807) is 19.1 Å². The maximum Gasteiger partial charge on any atom is 0.228 e. The number of benzene rings is 2. The first kappa shape index (κ1) is 16.2. The summed E-state index contributed by atoms with van der Waals surface area (Å²) in [4.78, 5) is 12.3. The Kier molecular flexibility index (Phi) is 4.98. The molecule has 0 fully saturated rings. The molecule has 0 spiro atoms. The van der Waals surface area contributed by atoms with Gasteiger partial charge in [0, 0.05) is 5.69 Å². The van der Waals surface area contributed by atoms with Crippen molar-refractivity contribution in [3.63, 3.8) is 0 Å². The maximum atomic E-state index is 12.0. The Balaban J connectivity index is 2.03. The van der Waals surface area contributed by atoms with Crippen molar-refractivity contribution in [2.75, 3.05) is 11.1 Å². The Labute approximate surface area is 131 Å². The third-order valence-electron chi connectivity index (χ3n) is 3.32. The average Bonchev–Trinajstić information content (AvgIpc) is 2.47. The Hall–Kier alpha value is -2.14. The number of nitrogens with one attached hydrogen (secondary N) is 1. The molecule has 1 N–H and O–H groups in total. The van der Waals surface area contributed by atoms with Crippen LogP contribution in [0.3, 0.4) is 0 Å². The van der Waals surface area contributed by atoms with Gasteiger partial charge in [-0.15, -0.1) is 0 Å². The molecule has 1 amide bonds. The van der Waals surface area contributed by atoms with Gasteiger partial charge in [0.1, 0.15) is 0 Å². The average molecular weight is 317 g/mol. The van der Waals surface area contributed by atoms with Gasteiger partial charge in [-0.3, -0.25) is 4.79 Å². The zero-order valence-corrected chi connectivity index (χ0v) is 13.5. The SMILES string of the molecule is CCS(=O)(=O)c1ccc(NC(=O)Cc2cccc(C)c2)cc1. The van der Waals surface area contributed by atoms with Gasteiger partial charge in [0.2, 0.25) is 5.91 Å². The minimum atomic E-state index is -3.21. The summed E-state index contributed by atoms with van der Waals surface area (Å²) in [5, 5.41) is 2.77. The molecule has 0 saturated carbocycles. The third-order valence-corrected chi connectivity index (χ3v) is 5.07. The summed E-state index contributed by atoms with van der Waals surface area (Å²) < 4.78 is 23.4. The van der Waals surface area contributed by atoms with Crippen LogP contribution in [0.1, 0.15) is 18.1 Å². The molecule has 22 heavy (non-hydrogen) atoms. The molecule has 0 heterocycles. The minimum absolute atomic E-state index is 0.0616. The van der Waals surface area contributed by atoms with Crippen LogP contribution in [-0.2, 0) is 21.1 Å². The highest BCUT2D eigenvalue weighted by molar-refractivity contribution is 7.91. The van der Waals surface area contributed by atoms with Crippen LogP contribution in [0.15, 0.2) is 53.4 Å². The number of sulfone groups is 1. The first-order valence-corrected chi connectivity index (χ1v) is 8.74. The quantitative estimate of drug-likeness (QED) is 0.922. The van der Waals surface area contributed by atoms with Crippen LogP contribution in [0.25, 0.3) is 0 Å². The van der Waals surface area contributed by atoms with E-state index in [1.807, 2.05) is 31.2 Å². The lowest BCUT2D eigenvalue weighted by molar-refractivity contribution is -0.115. The zero-order chi connectivity index (χ0) is 16.2. The molecule has 0 saturated heterocycles. The zero-order valence-electron chi connectivity index (χ0n) is 12.7. The fourth-order valence-corrected chi connectivity index (χ4v) is 3.01. The molecule has 0 aromatic heterocycles. The summed E-state index contributed by atoms with van der Waals surface area (Å²) in [5.74, 6) is -0.0665. The standard InChI is InChI=1S/C17H19NO3S/c1-3-22(20,21)16-9-7-15(8-10-16)18-17(19)12-14-6-4-5-13(2)11-14/h4-11H,3,12H2,1-2H3,(H,18,19). The van der Waals surface area contributed by atoms with Gasteiger partial charge in [-0.05, 0) is 36.8 Å². The molecular formula is C17H19NO3S. The molecule has 0 aliphatic carbocycles. The van der Waals surface area contributed by atoms with Crippen molar-refractivity contribution >= 4 is 21.4 Å². The summed E-state index contributed by atoms with van der Waals surface area (Å²) in [7, 11) is -3.21. The second kappa shape index (κ2) is 6.75. The molecule has 0 aliphatic rings. The number of carbonyl (C=O) groups excluding carboxylic acids is 1. The fraction of sp³-hybridized carbons (Fsp3) is 0.235. The topological polar surface area (TPSA) is 63.2 Å². The lowest BCUT2D eigenvalue weighted by atomic mass is 10.1. The molecule has 0 atom stereocenters. The lowest BCUT2D eigenvalue weighted by Crippen LogP contribution is -2.14. The van der Waals surface area contributed by atoms with Crippen molar-refractivity contribution in [3.05, 3.63) is 59.7 Å². The van der Waals surface area contributed by atoms with Gasteiger partial charge in [-0.1, -0.05) is 36.8 Å². The van der Waals surface area contributed by atoms with Crippen molar-refractivity contribution in [1.82, 2.24) is 0 Å². The highest BCUT2D eigenvalue weighted by atomic mass is 32.2. The Morgan fingerprint density at radius 1 is 1.09 bits per heavy atom. The van der Waals surface area contributed by atoms with E-state index in [0.717, 1.165) is 11.1 Å². The van der Waals surface area contributed by atoms with E-state index in [2.05, 4.69) is 5.32 Å². The summed E-state index contributed by atoms with van der Waals surface area (Å²) in [6.07, 6.45) is 0.288. The largest absolute Gasteiger partial charge is 0.326 e. The molecule has 0 radical (unpaired) electrons. The van der Waals surface area contributed by atoms with Crippen molar-refractivity contribution in [3.8, 4) is 0 Å². The predicted molar refractivity (Wildman–Crippen MR) is 87.7 cm³/mol. The molecule has 2 aromatic rings. The molecule has 5 heteroatoms. The molecule has 2 rings (SSSR count). The van der Waals surface area contributed by atoms with Crippen LogP contribution in [0.4, 0.5) is 5.69 Å². The van der Waals surface area contributed by atoms with Gasteiger partial charge in [0.25, 0.3) is 0 Å². The van der Waals surface area contributed by atoms with E-state index < -0.39 is 9.84 Å². The normalized spacial score (nSPS) is 11.2. The van der Waals surface area contributed by atoms with Crippen molar-refractivity contribution in [2.45, 2.75) is 25.2 Å². The van der Waals surface area contributed by atoms with Crippen LogP contribution >= 0.6 is 0 Å². The van der Waals surface area contributed by atoms with E-state index >= 15 is 0 Å². The predicted octanol–water partition coefficient (Wildman–Crippen LogP) is 2.97. The van der Waals surface area contributed by atoms with Crippen LogP contribution < -0.4 is 5.32 Å². The number of hydrogen-bond acceptors (Lipinski definition) is 3. The molecule has 4 nitrogen and oxygen atoms in total. The van der Waals surface area contributed by atoms with Crippen LogP contribution in [0.2, 0.25) is 0 Å². The van der Waals surface area contributed by atoms with Gasteiger partial charge in [-0.25, -0.2) is 8.42 Å². The maximum absolute atomic E-state index is 12.0. The van der Waals surface area contributed by atoms with E-state index in [-0.39, 0.29) is 23.0 Å². The number of rotatable bonds is 5. The van der Waals surface area contributed by atoms with Crippen LogP contribution in [0.5, 0.6) is 0 Å². The third kappa shape index (κ3) is 4.18. The highest BCUT2D eigenvalue weighted by Gasteiger charge is 2.11. The van der Waals surface area contributed by atoms with Crippen LogP contribution in [0, 0.1) is 6.92 Å². The van der Waals surface area contributed by atoms with E-state index in [1.165, 1.54) is 12.1 Å². The number of aryl methyl sites for hydroxylation is 1. The van der Waals surface area contributed by atoms with Crippen LogP contribution in [-0.4, -0.2) is 20.1 Å². The molecular weight excluding hydrogens is 298 g/mol. The summed E-state index contributed by atoms with van der Waals surface area (Å²) in [6.45, 7) is 3.58. The number of amides is 1. The monoisotopic (exact) mass is 317 g/mol. The summed E-state index contributed by atoms with van der Waals surface area (Å²) in [6, 6.07) is 14.0. The van der Waals surface area contributed by atoms with Gasteiger partial charge in [0.15, 0.2) is 9.84 Å². The summed E-state index contributed by atoms with van der Waals surface area (Å²) >= 11 is 0. The van der Waals surface area contributed by atoms with Crippen molar-refractivity contribution in [2.24, 2.45) is 0 Å². The first-order chi connectivity index (χ1) is 10.4. The highest BCUT2D eigenvalue weighted by Crippen LogP contribution is 2.15. The minimum Gasteiger partial charge on any atom is -0.326 e. The van der Waals surface area contributed by atoms with Gasteiger partial charge < -0.3 is 5.32 Å². The lowest BCUT2D eigenvalue weighted by Gasteiger charge is -2.07. The Bertz CT molecular complexity index is 765. The van der Waals surface area contributed by atoms with Crippen molar-refractivity contribution in [1.29, 1.82) is 0 Å². The molecule has 0 aliphatic heterocycles. The van der Waals surface area contributed by atoms with Gasteiger partial charge >= 0.3 is 0 Å². The second-order valence-electron chi connectivity index (χ2n) is 5.14. The molecule has 2 aromatic carbocycles. The second-order valence-corrected chi connectivity index (χ2v) is 7.42. The number of anilines is 1.